The van der Waals surface area contributed by atoms with Crippen molar-refractivity contribution in [2.24, 2.45) is 5.92 Å². The van der Waals surface area contributed by atoms with E-state index in [4.69, 9.17) is 4.74 Å². The molecule has 1 atom stereocenters. The normalized spacial score (nSPS) is 28.5. The Bertz CT molecular complexity index is 403. The standard InChI is InChI=1S/C11H20N2O4S/c1-2-10-9-13(4-3-11(10)14)18(15,16)12-5-7-17-8-6-12/h10H,2-9H2,1H3. The van der Waals surface area contributed by atoms with E-state index >= 15 is 0 Å². The van der Waals surface area contributed by atoms with E-state index < -0.39 is 10.2 Å². The van der Waals surface area contributed by atoms with Crippen LogP contribution in [0.25, 0.3) is 0 Å². The van der Waals surface area contributed by atoms with Crippen LogP contribution < -0.4 is 0 Å². The molecule has 7 heteroatoms. The Morgan fingerprint density at radius 2 is 1.89 bits per heavy atom. The van der Waals surface area contributed by atoms with Crippen LogP contribution in [0.4, 0.5) is 0 Å². The molecule has 0 bridgehead atoms. The van der Waals surface area contributed by atoms with E-state index in [1.54, 1.807) is 0 Å². The van der Waals surface area contributed by atoms with Crippen LogP contribution in [0.1, 0.15) is 19.8 Å². The average Bonchev–Trinajstić information content (AvgIpc) is 2.40. The summed E-state index contributed by atoms with van der Waals surface area (Å²) in [6, 6.07) is 0. The predicted octanol–water partition coefficient (Wildman–Crippen LogP) is -0.136. The van der Waals surface area contributed by atoms with Crippen molar-refractivity contribution in [3.8, 4) is 0 Å². The van der Waals surface area contributed by atoms with E-state index in [1.807, 2.05) is 6.92 Å². The summed E-state index contributed by atoms with van der Waals surface area (Å²) in [5.74, 6) is 0.0421. The van der Waals surface area contributed by atoms with Crippen LogP contribution >= 0.6 is 0 Å². The van der Waals surface area contributed by atoms with Crippen LogP contribution in [-0.4, -0.2) is 62.2 Å². The van der Waals surface area contributed by atoms with Crippen molar-refractivity contribution >= 4 is 16.0 Å². The third kappa shape index (κ3) is 2.74. The van der Waals surface area contributed by atoms with Gasteiger partial charge in [0.2, 0.25) is 0 Å². The van der Waals surface area contributed by atoms with E-state index in [9.17, 15) is 13.2 Å². The number of ketones is 1. The number of carbonyl (C=O) groups excluding carboxylic acids is 1. The number of hydrogen-bond acceptors (Lipinski definition) is 4. The lowest BCUT2D eigenvalue weighted by molar-refractivity contribution is -0.125. The molecule has 0 N–H and O–H groups in total. The molecule has 18 heavy (non-hydrogen) atoms. The van der Waals surface area contributed by atoms with Gasteiger partial charge in [-0.25, -0.2) is 0 Å². The summed E-state index contributed by atoms with van der Waals surface area (Å²) in [4.78, 5) is 11.6. The molecule has 2 aliphatic heterocycles. The number of Topliss-reactive ketones (excluding diaryl/α,β-unsaturated/α-hetero) is 1. The Kier molecular flexibility index (Phi) is 4.37. The highest BCUT2D eigenvalue weighted by atomic mass is 32.2. The van der Waals surface area contributed by atoms with Crippen LogP contribution in [-0.2, 0) is 19.7 Å². The fraction of sp³-hybridized carbons (Fsp3) is 0.909. The van der Waals surface area contributed by atoms with Crippen molar-refractivity contribution in [1.29, 1.82) is 0 Å². The molecule has 2 rings (SSSR count). The lowest BCUT2D eigenvalue weighted by atomic mass is 9.96. The van der Waals surface area contributed by atoms with Gasteiger partial charge in [-0.1, -0.05) is 6.92 Å². The molecule has 0 spiro atoms. The summed E-state index contributed by atoms with van der Waals surface area (Å²) in [7, 11) is -3.42. The number of piperidine rings is 1. The third-order valence-corrected chi connectivity index (χ3v) is 5.60. The van der Waals surface area contributed by atoms with Gasteiger partial charge >= 0.3 is 0 Å². The zero-order valence-corrected chi connectivity index (χ0v) is 11.5. The number of carbonyl (C=O) groups is 1. The second-order valence-electron chi connectivity index (χ2n) is 4.70. The molecule has 2 heterocycles. The average molecular weight is 276 g/mol. The molecular formula is C11H20N2O4S. The van der Waals surface area contributed by atoms with Gasteiger partial charge < -0.3 is 4.74 Å². The smallest absolute Gasteiger partial charge is 0.282 e. The highest BCUT2D eigenvalue weighted by Crippen LogP contribution is 2.21. The van der Waals surface area contributed by atoms with E-state index in [0.717, 1.165) is 0 Å². The molecule has 2 aliphatic rings. The number of ether oxygens (including phenoxy) is 1. The minimum atomic E-state index is -3.42. The van der Waals surface area contributed by atoms with Gasteiger partial charge in [-0.3, -0.25) is 4.79 Å². The van der Waals surface area contributed by atoms with E-state index in [1.165, 1.54) is 8.61 Å². The molecule has 0 amide bonds. The van der Waals surface area contributed by atoms with Gasteiger partial charge in [-0.15, -0.1) is 0 Å². The Morgan fingerprint density at radius 3 is 2.50 bits per heavy atom. The van der Waals surface area contributed by atoms with Gasteiger partial charge in [0, 0.05) is 38.5 Å². The monoisotopic (exact) mass is 276 g/mol. The Hall–Kier alpha value is -0.500. The van der Waals surface area contributed by atoms with Crippen molar-refractivity contribution < 1.29 is 17.9 Å². The first kappa shape index (κ1) is 13.9. The lowest BCUT2D eigenvalue weighted by Gasteiger charge is -2.35. The molecule has 0 aliphatic carbocycles. The second-order valence-corrected chi connectivity index (χ2v) is 6.63. The number of hydrogen-bond donors (Lipinski definition) is 0. The van der Waals surface area contributed by atoms with Crippen LogP contribution in [0.2, 0.25) is 0 Å². The van der Waals surface area contributed by atoms with E-state index in [2.05, 4.69) is 0 Å². The molecule has 6 nitrogen and oxygen atoms in total. The number of morpholine rings is 1. The Labute approximate surface area is 108 Å². The quantitative estimate of drug-likeness (QED) is 0.720. The van der Waals surface area contributed by atoms with Crippen LogP contribution in [0.15, 0.2) is 0 Å². The maximum atomic E-state index is 12.4. The van der Waals surface area contributed by atoms with Gasteiger partial charge in [-0.05, 0) is 6.42 Å². The maximum absolute atomic E-state index is 12.4. The van der Waals surface area contributed by atoms with Crippen molar-refractivity contribution in [2.45, 2.75) is 19.8 Å². The Morgan fingerprint density at radius 1 is 1.22 bits per heavy atom. The molecule has 0 aromatic rings. The van der Waals surface area contributed by atoms with Crippen LogP contribution in [0, 0.1) is 5.92 Å². The minimum Gasteiger partial charge on any atom is -0.379 e. The summed E-state index contributed by atoms with van der Waals surface area (Å²) in [6.07, 6.45) is 1.04. The van der Waals surface area contributed by atoms with Gasteiger partial charge in [-0.2, -0.15) is 17.0 Å². The fourth-order valence-corrected chi connectivity index (χ4v) is 4.01. The lowest BCUT2D eigenvalue weighted by Crippen LogP contribution is -2.52. The third-order valence-electron chi connectivity index (χ3n) is 3.60. The molecule has 104 valence electrons. The largest absolute Gasteiger partial charge is 0.379 e. The zero-order valence-electron chi connectivity index (χ0n) is 10.7. The molecule has 2 saturated heterocycles. The molecular weight excluding hydrogens is 256 g/mol. The zero-order chi connectivity index (χ0) is 13.2. The number of nitrogens with zero attached hydrogens (tertiary/aromatic N) is 2. The molecule has 1 unspecified atom stereocenters. The number of rotatable bonds is 3. The van der Waals surface area contributed by atoms with Crippen LogP contribution in [0.3, 0.4) is 0 Å². The minimum absolute atomic E-state index is 0.144. The van der Waals surface area contributed by atoms with Crippen molar-refractivity contribution in [3.63, 3.8) is 0 Å². The van der Waals surface area contributed by atoms with Crippen molar-refractivity contribution in [1.82, 2.24) is 8.61 Å². The fourth-order valence-electron chi connectivity index (χ4n) is 2.38. The van der Waals surface area contributed by atoms with Crippen molar-refractivity contribution in [2.75, 3.05) is 39.4 Å². The summed E-state index contributed by atoms with van der Waals surface area (Å²) < 4.78 is 32.9. The second kappa shape index (κ2) is 5.64. The SMILES string of the molecule is CCC1CN(S(=O)(=O)N2CCOCC2)CCC1=O. The first-order chi connectivity index (χ1) is 8.55. The topological polar surface area (TPSA) is 66.9 Å². The predicted molar refractivity (Wildman–Crippen MR) is 66.3 cm³/mol. The van der Waals surface area contributed by atoms with Gasteiger partial charge in [0.15, 0.2) is 0 Å². The summed E-state index contributed by atoms with van der Waals surface area (Å²) >= 11 is 0. The molecule has 0 aromatic carbocycles. The highest BCUT2D eigenvalue weighted by Gasteiger charge is 2.36. The first-order valence-corrected chi connectivity index (χ1v) is 7.81. The van der Waals surface area contributed by atoms with Gasteiger partial charge in [0.05, 0.1) is 13.2 Å². The summed E-state index contributed by atoms with van der Waals surface area (Å²) in [5, 5.41) is 0. The summed E-state index contributed by atoms with van der Waals surface area (Å²) in [6.45, 7) is 4.27. The first-order valence-electron chi connectivity index (χ1n) is 6.41. The molecule has 0 aromatic heterocycles. The van der Waals surface area contributed by atoms with Gasteiger partial charge in [0.25, 0.3) is 10.2 Å². The van der Waals surface area contributed by atoms with E-state index in [0.29, 0.717) is 52.2 Å². The summed E-state index contributed by atoms with van der Waals surface area (Å²) in [5.41, 5.74) is 0. The Balaban J connectivity index is 2.07. The highest BCUT2D eigenvalue weighted by molar-refractivity contribution is 7.86. The molecule has 0 radical (unpaired) electrons. The van der Waals surface area contributed by atoms with Crippen molar-refractivity contribution in [3.05, 3.63) is 0 Å². The van der Waals surface area contributed by atoms with Crippen LogP contribution in [0.5, 0.6) is 0 Å². The van der Waals surface area contributed by atoms with E-state index in [-0.39, 0.29) is 11.7 Å². The maximum Gasteiger partial charge on any atom is 0.282 e. The molecule has 2 fully saturated rings. The van der Waals surface area contributed by atoms with Gasteiger partial charge in [0.1, 0.15) is 5.78 Å². The molecule has 0 saturated carbocycles.